The van der Waals surface area contributed by atoms with Crippen molar-refractivity contribution in [1.29, 1.82) is 0 Å². The first-order valence-electron chi connectivity index (χ1n) is 7.11. The molecule has 3 rings (SSSR count). The number of carbonyl (C=O) groups is 1. The smallest absolute Gasteiger partial charge is 0.412 e. The number of rotatable bonds is 3. The summed E-state index contributed by atoms with van der Waals surface area (Å²) >= 11 is 23.9. The molecule has 0 aliphatic rings. The van der Waals surface area contributed by atoms with Crippen molar-refractivity contribution < 1.29 is 9.53 Å². The van der Waals surface area contributed by atoms with Gasteiger partial charge in [0.1, 0.15) is 5.82 Å². The van der Waals surface area contributed by atoms with E-state index >= 15 is 0 Å². The van der Waals surface area contributed by atoms with E-state index in [1.165, 1.54) is 6.07 Å². The van der Waals surface area contributed by atoms with Crippen LogP contribution in [0.4, 0.5) is 10.5 Å². The molecule has 1 unspecified atom stereocenters. The third-order valence-corrected chi connectivity index (χ3v) is 4.95. The number of imidazole rings is 1. The molecule has 5 nitrogen and oxygen atoms in total. The number of aromatic amines is 1. The summed E-state index contributed by atoms with van der Waals surface area (Å²) < 4.78 is 5.31. The van der Waals surface area contributed by atoms with Gasteiger partial charge in [0, 0.05) is 5.69 Å². The van der Waals surface area contributed by atoms with Gasteiger partial charge < -0.3 is 9.72 Å². The summed E-state index contributed by atoms with van der Waals surface area (Å²) in [6.45, 7) is 1.68. The number of anilines is 1. The molecule has 1 aromatic heterocycles. The Hall–Kier alpha value is -1.66. The number of aromatic nitrogens is 2. The molecule has 0 aliphatic carbocycles. The first kappa shape index (κ1) is 18.1. The van der Waals surface area contributed by atoms with Crippen LogP contribution in [-0.2, 0) is 4.74 Å². The predicted octanol–water partition coefficient (Wildman–Crippen LogP) is 6.49. The minimum absolute atomic E-state index is 0.330. The van der Waals surface area contributed by atoms with Crippen molar-refractivity contribution in [3.8, 4) is 0 Å². The predicted molar refractivity (Wildman–Crippen MR) is 101 cm³/mol. The molecule has 0 spiro atoms. The van der Waals surface area contributed by atoms with Crippen LogP contribution in [0.5, 0.6) is 0 Å². The van der Waals surface area contributed by atoms with E-state index in [-0.39, 0.29) is 0 Å². The molecule has 130 valence electrons. The van der Waals surface area contributed by atoms with E-state index in [4.69, 9.17) is 51.1 Å². The molecule has 3 aromatic rings. The maximum absolute atomic E-state index is 12.0. The van der Waals surface area contributed by atoms with Crippen molar-refractivity contribution in [2.45, 2.75) is 13.0 Å². The number of hydrogen-bond acceptors (Lipinski definition) is 3. The van der Waals surface area contributed by atoms with Gasteiger partial charge in [0.15, 0.2) is 6.10 Å². The summed E-state index contributed by atoms with van der Waals surface area (Å²) in [5, 5.41) is 4.08. The molecule has 1 amide bonds. The molecule has 9 heteroatoms. The Labute approximate surface area is 163 Å². The van der Waals surface area contributed by atoms with Gasteiger partial charge in [0.2, 0.25) is 0 Å². The maximum Gasteiger partial charge on any atom is 0.412 e. The lowest BCUT2D eigenvalue weighted by atomic mass is 10.3. The van der Waals surface area contributed by atoms with Gasteiger partial charge in [-0.2, -0.15) is 0 Å². The van der Waals surface area contributed by atoms with Crippen molar-refractivity contribution in [1.82, 2.24) is 9.97 Å². The number of amides is 1. The lowest BCUT2D eigenvalue weighted by Crippen LogP contribution is -2.16. The number of hydrogen-bond donors (Lipinski definition) is 2. The fourth-order valence-corrected chi connectivity index (χ4v) is 2.83. The number of benzene rings is 2. The quantitative estimate of drug-likeness (QED) is 0.510. The van der Waals surface area contributed by atoms with E-state index in [0.29, 0.717) is 42.6 Å². The Balaban J connectivity index is 1.73. The molecule has 25 heavy (non-hydrogen) atoms. The second-order valence-electron chi connectivity index (χ2n) is 5.18. The van der Waals surface area contributed by atoms with Gasteiger partial charge in [-0.1, -0.05) is 46.4 Å². The summed E-state index contributed by atoms with van der Waals surface area (Å²) in [5.74, 6) is 0.448. The molecule has 1 atom stereocenters. The Bertz CT molecular complexity index is 958. The van der Waals surface area contributed by atoms with E-state index in [1.807, 2.05) is 0 Å². The van der Waals surface area contributed by atoms with Crippen LogP contribution in [0.2, 0.25) is 20.1 Å². The van der Waals surface area contributed by atoms with Crippen LogP contribution in [0.25, 0.3) is 11.0 Å². The minimum atomic E-state index is -0.657. The van der Waals surface area contributed by atoms with E-state index in [0.717, 1.165) is 0 Å². The lowest BCUT2D eigenvalue weighted by molar-refractivity contribution is 0.117. The Morgan fingerprint density at radius 2 is 1.84 bits per heavy atom. The molecule has 0 saturated carbocycles. The number of halogens is 4. The Morgan fingerprint density at radius 1 is 1.12 bits per heavy atom. The van der Waals surface area contributed by atoms with Crippen LogP contribution in [0.3, 0.4) is 0 Å². The molecular weight excluding hydrogens is 408 g/mol. The highest BCUT2D eigenvalue weighted by Gasteiger charge is 2.17. The van der Waals surface area contributed by atoms with Gasteiger partial charge in [0.25, 0.3) is 0 Å². The zero-order valence-electron chi connectivity index (χ0n) is 12.7. The SMILES string of the molecule is CC(OC(=O)Nc1ccc(Cl)c(Cl)c1)c1nc2ccc(Cl)c(Cl)c2[nH]1. The van der Waals surface area contributed by atoms with E-state index in [1.54, 1.807) is 31.2 Å². The number of H-pyrrole nitrogens is 1. The van der Waals surface area contributed by atoms with Gasteiger partial charge in [-0.05, 0) is 37.3 Å². The van der Waals surface area contributed by atoms with E-state index in [2.05, 4.69) is 15.3 Å². The molecule has 2 aromatic carbocycles. The van der Waals surface area contributed by atoms with Gasteiger partial charge in [-0.3, -0.25) is 5.32 Å². The Kier molecular flexibility index (Phi) is 5.29. The maximum atomic E-state index is 12.0. The van der Waals surface area contributed by atoms with Crippen molar-refractivity contribution in [3.05, 3.63) is 56.2 Å². The number of nitrogens with one attached hydrogen (secondary N) is 2. The Morgan fingerprint density at radius 3 is 2.56 bits per heavy atom. The number of ether oxygens (including phenoxy) is 1. The summed E-state index contributed by atoms with van der Waals surface area (Å²) in [4.78, 5) is 19.4. The average molecular weight is 419 g/mol. The first-order chi connectivity index (χ1) is 11.8. The molecule has 0 radical (unpaired) electrons. The average Bonchev–Trinajstić information content (AvgIpc) is 2.99. The minimum Gasteiger partial charge on any atom is -0.438 e. The molecular formula is C16H11Cl4N3O2. The molecule has 1 heterocycles. The zero-order valence-corrected chi connectivity index (χ0v) is 15.8. The standard InChI is InChI=1S/C16H11Cl4N3O2/c1-7(15-22-12-5-4-10(18)13(20)14(12)23-15)25-16(24)21-8-2-3-9(17)11(19)6-8/h2-7H,1H3,(H,21,24)(H,22,23). The fourth-order valence-electron chi connectivity index (χ4n) is 2.17. The molecule has 0 aliphatic heterocycles. The highest BCUT2D eigenvalue weighted by atomic mass is 35.5. The van der Waals surface area contributed by atoms with Gasteiger partial charge in [-0.25, -0.2) is 9.78 Å². The lowest BCUT2D eigenvalue weighted by Gasteiger charge is -2.12. The second-order valence-corrected chi connectivity index (χ2v) is 6.78. The monoisotopic (exact) mass is 417 g/mol. The van der Waals surface area contributed by atoms with Crippen molar-refractivity contribution in [2.75, 3.05) is 5.32 Å². The van der Waals surface area contributed by atoms with Crippen LogP contribution in [0.15, 0.2) is 30.3 Å². The molecule has 0 saturated heterocycles. The highest BCUT2D eigenvalue weighted by Crippen LogP contribution is 2.31. The number of nitrogens with zero attached hydrogens (tertiary/aromatic N) is 1. The van der Waals surface area contributed by atoms with Crippen molar-refractivity contribution in [2.24, 2.45) is 0 Å². The largest absolute Gasteiger partial charge is 0.438 e. The molecule has 0 bridgehead atoms. The van der Waals surface area contributed by atoms with E-state index < -0.39 is 12.2 Å². The van der Waals surface area contributed by atoms with Gasteiger partial charge >= 0.3 is 6.09 Å². The molecule has 2 N–H and O–H groups in total. The third kappa shape index (κ3) is 3.96. The number of fused-ring (bicyclic) bond motifs is 1. The van der Waals surface area contributed by atoms with Crippen LogP contribution in [-0.4, -0.2) is 16.1 Å². The summed E-state index contributed by atoms with van der Waals surface area (Å²) in [6, 6.07) is 8.10. The van der Waals surface area contributed by atoms with E-state index in [9.17, 15) is 4.79 Å². The summed E-state index contributed by atoms with van der Waals surface area (Å²) in [5.41, 5.74) is 1.68. The first-order valence-corrected chi connectivity index (χ1v) is 8.62. The normalized spacial score (nSPS) is 12.2. The van der Waals surface area contributed by atoms with Gasteiger partial charge in [0.05, 0.1) is 31.1 Å². The highest BCUT2D eigenvalue weighted by molar-refractivity contribution is 6.45. The summed E-state index contributed by atoms with van der Waals surface area (Å²) in [6.07, 6.45) is -1.29. The van der Waals surface area contributed by atoms with Crippen molar-refractivity contribution in [3.63, 3.8) is 0 Å². The topological polar surface area (TPSA) is 67.0 Å². The zero-order chi connectivity index (χ0) is 18.1. The second kappa shape index (κ2) is 7.30. The van der Waals surface area contributed by atoms with Crippen molar-refractivity contribution >= 4 is 69.2 Å². The third-order valence-electron chi connectivity index (χ3n) is 3.40. The number of carbonyl (C=O) groups excluding carboxylic acids is 1. The summed E-state index contributed by atoms with van der Waals surface area (Å²) in [7, 11) is 0. The van der Waals surface area contributed by atoms with Crippen LogP contribution in [0, 0.1) is 0 Å². The van der Waals surface area contributed by atoms with Gasteiger partial charge in [-0.15, -0.1) is 0 Å². The van der Waals surface area contributed by atoms with Crippen LogP contribution >= 0.6 is 46.4 Å². The molecule has 0 fully saturated rings. The van der Waals surface area contributed by atoms with Crippen LogP contribution < -0.4 is 5.32 Å². The van der Waals surface area contributed by atoms with Crippen LogP contribution in [0.1, 0.15) is 18.9 Å². The fraction of sp³-hybridized carbons (Fsp3) is 0.125.